The van der Waals surface area contributed by atoms with Gasteiger partial charge in [-0.3, -0.25) is 14.9 Å². The van der Waals surface area contributed by atoms with Crippen LogP contribution in [0.5, 0.6) is 0 Å². The molecular weight excluding hydrogens is 182 g/mol. The monoisotopic (exact) mass is 187 g/mol. The first kappa shape index (κ1) is 8.60. The maximum absolute atomic E-state index is 10.5. The summed E-state index contributed by atoms with van der Waals surface area (Å²) >= 11 is 0.883. The fourth-order valence-electron chi connectivity index (χ4n) is 0.611. The lowest BCUT2D eigenvalue weighted by atomic mass is 10.5. The quantitative estimate of drug-likeness (QED) is 0.553. The van der Waals surface area contributed by atoms with Gasteiger partial charge in [0.05, 0.1) is 4.92 Å². The van der Waals surface area contributed by atoms with Crippen LogP contribution in [0.25, 0.3) is 0 Å². The predicted molar refractivity (Wildman–Crippen MR) is 43.1 cm³/mol. The van der Waals surface area contributed by atoms with Gasteiger partial charge in [0.1, 0.15) is 6.20 Å². The van der Waals surface area contributed by atoms with Gasteiger partial charge in [-0.05, 0) is 11.5 Å². The topological polar surface area (TPSA) is 85.1 Å². The summed E-state index contributed by atoms with van der Waals surface area (Å²) < 4.78 is 3.58. The lowest BCUT2D eigenvalue weighted by molar-refractivity contribution is -0.383. The Morgan fingerprint density at radius 1 is 1.83 bits per heavy atom. The maximum Gasteiger partial charge on any atom is 0.323 e. The van der Waals surface area contributed by atoms with Crippen molar-refractivity contribution in [2.45, 2.75) is 6.92 Å². The number of carbonyl (C=O) groups is 1. The van der Waals surface area contributed by atoms with Gasteiger partial charge in [-0.25, -0.2) is 0 Å². The average Bonchev–Trinajstić information content (AvgIpc) is 2.33. The summed E-state index contributed by atoms with van der Waals surface area (Å²) in [6.07, 6.45) is 1.11. The zero-order valence-electron chi connectivity index (χ0n) is 6.10. The molecule has 0 aliphatic rings. The van der Waals surface area contributed by atoms with E-state index in [1.54, 1.807) is 0 Å². The van der Waals surface area contributed by atoms with Crippen LogP contribution in [0.15, 0.2) is 6.20 Å². The molecule has 1 amide bonds. The molecule has 1 aromatic rings. The molecular formula is C5H5N3O3S. The summed E-state index contributed by atoms with van der Waals surface area (Å²) in [5.74, 6) is -0.345. The summed E-state index contributed by atoms with van der Waals surface area (Å²) in [6, 6.07) is 0. The maximum atomic E-state index is 10.5. The van der Waals surface area contributed by atoms with Crippen LogP contribution in [0.1, 0.15) is 6.92 Å². The van der Waals surface area contributed by atoms with Crippen molar-refractivity contribution in [2.75, 3.05) is 5.32 Å². The van der Waals surface area contributed by atoms with E-state index in [-0.39, 0.29) is 16.6 Å². The summed E-state index contributed by atoms with van der Waals surface area (Å²) in [4.78, 5) is 20.2. The number of nitrogens with zero attached hydrogens (tertiary/aromatic N) is 2. The number of anilines is 1. The van der Waals surface area contributed by atoms with E-state index in [1.807, 2.05) is 0 Å². The highest BCUT2D eigenvalue weighted by molar-refractivity contribution is 7.11. The van der Waals surface area contributed by atoms with E-state index in [0.29, 0.717) is 0 Å². The predicted octanol–water partition coefficient (Wildman–Crippen LogP) is 1.01. The number of hydrogen-bond acceptors (Lipinski definition) is 5. The van der Waals surface area contributed by atoms with Gasteiger partial charge < -0.3 is 5.32 Å². The largest absolute Gasteiger partial charge is 0.323 e. The van der Waals surface area contributed by atoms with E-state index >= 15 is 0 Å². The molecule has 0 bridgehead atoms. The lowest BCUT2D eigenvalue weighted by Crippen LogP contribution is -2.05. The van der Waals surface area contributed by atoms with E-state index < -0.39 is 4.92 Å². The van der Waals surface area contributed by atoms with Gasteiger partial charge in [-0.2, -0.15) is 4.37 Å². The first-order chi connectivity index (χ1) is 5.61. The molecule has 1 N–H and O–H groups in total. The SMILES string of the molecule is CC(=O)Nc1sncc1[N+](=O)[O-]. The van der Waals surface area contributed by atoms with Gasteiger partial charge in [0.25, 0.3) is 0 Å². The number of nitro groups is 1. The Morgan fingerprint density at radius 3 is 3.00 bits per heavy atom. The number of rotatable bonds is 2. The van der Waals surface area contributed by atoms with Crippen molar-refractivity contribution in [3.63, 3.8) is 0 Å². The van der Waals surface area contributed by atoms with E-state index in [9.17, 15) is 14.9 Å². The number of hydrogen-bond donors (Lipinski definition) is 1. The van der Waals surface area contributed by atoms with Gasteiger partial charge >= 0.3 is 5.69 Å². The number of carbonyl (C=O) groups excluding carboxylic acids is 1. The molecule has 1 heterocycles. The van der Waals surface area contributed by atoms with Crippen LogP contribution < -0.4 is 5.32 Å². The molecule has 6 nitrogen and oxygen atoms in total. The van der Waals surface area contributed by atoms with Gasteiger partial charge in [0.2, 0.25) is 5.91 Å². The molecule has 0 saturated carbocycles. The Labute approximate surface area is 71.5 Å². The summed E-state index contributed by atoms with van der Waals surface area (Å²) in [7, 11) is 0. The molecule has 64 valence electrons. The minimum atomic E-state index is -0.589. The minimum Gasteiger partial charge on any atom is -0.311 e. The fourth-order valence-corrected chi connectivity index (χ4v) is 1.28. The van der Waals surface area contributed by atoms with Crippen molar-refractivity contribution in [3.8, 4) is 0 Å². The van der Waals surface area contributed by atoms with Crippen LogP contribution in [0.3, 0.4) is 0 Å². The second-order valence-electron chi connectivity index (χ2n) is 1.98. The average molecular weight is 187 g/mol. The van der Waals surface area contributed by atoms with E-state index in [2.05, 4.69) is 9.69 Å². The third kappa shape index (κ3) is 1.76. The minimum absolute atomic E-state index is 0.171. The standard InChI is InChI=1S/C5H5N3O3S/c1-3(9)7-5-4(8(10)11)2-6-12-5/h2H,1H3,(H,7,9). The van der Waals surface area contributed by atoms with Crippen LogP contribution in [-0.4, -0.2) is 15.2 Å². The van der Waals surface area contributed by atoms with Crippen molar-refractivity contribution >= 4 is 28.1 Å². The Balaban J connectivity index is 2.91. The molecule has 0 unspecified atom stereocenters. The van der Waals surface area contributed by atoms with Crippen LogP contribution in [0, 0.1) is 10.1 Å². The third-order valence-corrected chi connectivity index (χ3v) is 1.74. The number of aromatic nitrogens is 1. The van der Waals surface area contributed by atoms with Crippen molar-refractivity contribution in [2.24, 2.45) is 0 Å². The van der Waals surface area contributed by atoms with Crippen LogP contribution in [-0.2, 0) is 4.79 Å². The summed E-state index contributed by atoms with van der Waals surface area (Å²) in [5, 5.41) is 12.8. The fraction of sp³-hybridized carbons (Fsp3) is 0.200. The first-order valence-corrected chi connectivity index (χ1v) is 3.75. The van der Waals surface area contributed by atoms with Gasteiger partial charge in [0, 0.05) is 6.92 Å². The molecule has 0 spiro atoms. The van der Waals surface area contributed by atoms with Crippen molar-refractivity contribution in [3.05, 3.63) is 16.3 Å². The molecule has 0 radical (unpaired) electrons. The van der Waals surface area contributed by atoms with Crippen LogP contribution >= 0.6 is 11.5 Å². The van der Waals surface area contributed by atoms with Crippen molar-refractivity contribution in [1.29, 1.82) is 0 Å². The van der Waals surface area contributed by atoms with E-state index in [1.165, 1.54) is 6.92 Å². The van der Waals surface area contributed by atoms with Gasteiger partial charge in [-0.15, -0.1) is 0 Å². The summed E-state index contributed by atoms with van der Waals surface area (Å²) in [5.41, 5.74) is -0.171. The molecule has 0 fully saturated rings. The van der Waals surface area contributed by atoms with Gasteiger partial charge in [-0.1, -0.05) is 0 Å². The lowest BCUT2D eigenvalue weighted by Gasteiger charge is -1.94. The highest BCUT2D eigenvalue weighted by Gasteiger charge is 2.16. The Hall–Kier alpha value is -1.50. The first-order valence-electron chi connectivity index (χ1n) is 2.98. The second kappa shape index (κ2) is 3.26. The van der Waals surface area contributed by atoms with Gasteiger partial charge in [0.15, 0.2) is 5.00 Å². The molecule has 1 aromatic heterocycles. The Bertz CT molecular complexity index is 321. The molecule has 0 atom stereocenters. The second-order valence-corrected chi connectivity index (χ2v) is 2.78. The van der Waals surface area contributed by atoms with Crippen LogP contribution in [0.2, 0.25) is 0 Å². The zero-order valence-corrected chi connectivity index (χ0v) is 6.92. The highest BCUT2D eigenvalue weighted by atomic mass is 32.1. The highest BCUT2D eigenvalue weighted by Crippen LogP contribution is 2.27. The molecule has 1 rings (SSSR count). The normalized spacial score (nSPS) is 9.42. The van der Waals surface area contributed by atoms with E-state index in [4.69, 9.17) is 0 Å². The molecule has 12 heavy (non-hydrogen) atoms. The van der Waals surface area contributed by atoms with Crippen molar-refractivity contribution in [1.82, 2.24) is 4.37 Å². The summed E-state index contributed by atoms with van der Waals surface area (Å²) in [6.45, 7) is 1.28. The Morgan fingerprint density at radius 2 is 2.50 bits per heavy atom. The zero-order chi connectivity index (χ0) is 9.14. The van der Waals surface area contributed by atoms with Crippen molar-refractivity contribution < 1.29 is 9.72 Å². The molecule has 0 aliphatic carbocycles. The van der Waals surface area contributed by atoms with E-state index in [0.717, 1.165) is 17.7 Å². The van der Waals surface area contributed by atoms with Crippen LogP contribution in [0.4, 0.5) is 10.7 Å². The molecule has 0 aliphatic heterocycles. The Kier molecular flexibility index (Phi) is 2.34. The number of nitrogens with one attached hydrogen (secondary N) is 1. The molecule has 0 aromatic carbocycles. The molecule has 7 heteroatoms. The third-order valence-electron chi connectivity index (χ3n) is 1.04. The smallest absolute Gasteiger partial charge is 0.311 e. The molecule has 0 saturated heterocycles. The number of amides is 1.